The smallest absolute Gasteiger partial charge is 0.140 e. The Kier molecular flexibility index (Phi) is 5.51. The quantitative estimate of drug-likeness (QED) is 0.758. The van der Waals surface area contributed by atoms with Crippen LogP contribution in [0.1, 0.15) is 51.3 Å². The molecule has 1 aliphatic rings. The van der Waals surface area contributed by atoms with Gasteiger partial charge in [-0.1, -0.05) is 6.92 Å². The fourth-order valence-corrected chi connectivity index (χ4v) is 2.45. The van der Waals surface area contributed by atoms with Crippen molar-refractivity contribution in [3.63, 3.8) is 0 Å². The zero-order valence-electron chi connectivity index (χ0n) is 11.7. The molecule has 1 unspecified atom stereocenters. The molecule has 0 radical (unpaired) electrons. The molecule has 19 heavy (non-hydrogen) atoms. The Morgan fingerprint density at radius 3 is 3.16 bits per heavy atom. The van der Waals surface area contributed by atoms with E-state index in [-0.39, 0.29) is 11.9 Å². The monoisotopic (exact) mass is 265 g/mol. The van der Waals surface area contributed by atoms with E-state index in [0.29, 0.717) is 12.8 Å². The molecule has 106 valence electrons. The summed E-state index contributed by atoms with van der Waals surface area (Å²) in [4.78, 5) is 16.1. The van der Waals surface area contributed by atoms with Crippen LogP contribution in [0.4, 0.5) is 0 Å². The standard InChI is InChI=1S/C14H23N3O2/c1-2-8-17-14(15-11-16-17)10-12(18)6-7-13-5-3-4-9-19-13/h11,13H,2-10H2,1H3. The van der Waals surface area contributed by atoms with Crippen molar-refractivity contribution < 1.29 is 9.53 Å². The van der Waals surface area contributed by atoms with Gasteiger partial charge in [0.15, 0.2) is 0 Å². The minimum Gasteiger partial charge on any atom is -0.378 e. The number of hydrogen-bond donors (Lipinski definition) is 0. The van der Waals surface area contributed by atoms with Crippen molar-refractivity contribution in [3.05, 3.63) is 12.2 Å². The van der Waals surface area contributed by atoms with Gasteiger partial charge in [0.2, 0.25) is 0 Å². The lowest BCUT2D eigenvalue weighted by atomic mass is 10.0. The van der Waals surface area contributed by atoms with Gasteiger partial charge in [0.1, 0.15) is 17.9 Å². The number of carbonyl (C=O) groups excluding carboxylic acids is 1. The van der Waals surface area contributed by atoms with Gasteiger partial charge in [0, 0.05) is 19.6 Å². The highest BCUT2D eigenvalue weighted by atomic mass is 16.5. The molecule has 1 aromatic rings. The lowest BCUT2D eigenvalue weighted by molar-refractivity contribution is -0.119. The van der Waals surface area contributed by atoms with Gasteiger partial charge in [-0.3, -0.25) is 4.79 Å². The van der Waals surface area contributed by atoms with Crippen LogP contribution in [0.25, 0.3) is 0 Å². The van der Waals surface area contributed by atoms with Crippen LogP contribution in [-0.2, 0) is 22.5 Å². The van der Waals surface area contributed by atoms with Gasteiger partial charge in [0.25, 0.3) is 0 Å². The van der Waals surface area contributed by atoms with Crippen LogP contribution in [0, 0.1) is 0 Å². The maximum atomic E-state index is 12.0. The number of aryl methyl sites for hydroxylation is 1. The average molecular weight is 265 g/mol. The summed E-state index contributed by atoms with van der Waals surface area (Å²) < 4.78 is 7.47. The Hall–Kier alpha value is -1.23. The second kappa shape index (κ2) is 7.38. The van der Waals surface area contributed by atoms with E-state index in [2.05, 4.69) is 17.0 Å². The van der Waals surface area contributed by atoms with Crippen molar-refractivity contribution in [1.29, 1.82) is 0 Å². The van der Waals surface area contributed by atoms with Gasteiger partial charge in [-0.2, -0.15) is 5.10 Å². The molecule has 0 amide bonds. The molecule has 5 nitrogen and oxygen atoms in total. The minimum atomic E-state index is 0.236. The predicted molar refractivity (Wildman–Crippen MR) is 71.8 cm³/mol. The van der Waals surface area contributed by atoms with Crippen molar-refractivity contribution in [2.75, 3.05) is 6.61 Å². The van der Waals surface area contributed by atoms with Crippen LogP contribution in [0.2, 0.25) is 0 Å². The molecule has 0 spiro atoms. The molecule has 1 atom stereocenters. The number of ketones is 1. The highest BCUT2D eigenvalue weighted by Crippen LogP contribution is 2.17. The van der Waals surface area contributed by atoms with Crippen molar-refractivity contribution in [3.8, 4) is 0 Å². The van der Waals surface area contributed by atoms with Crippen molar-refractivity contribution in [2.45, 2.75) is 64.5 Å². The Morgan fingerprint density at radius 1 is 1.53 bits per heavy atom. The molecular formula is C14H23N3O2. The summed E-state index contributed by atoms with van der Waals surface area (Å²) in [7, 11) is 0. The molecule has 2 rings (SSSR count). The third-order valence-corrected chi connectivity index (χ3v) is 3.51. The van der Waals surface area contributed by atoms with Crippen LogP contribution in [0.3, 0.4) is 0 Å². The van der Waals surface area contributed by atoms with Crippen LogP contribution in [0.5, 0.6) is 0 Å². The molecule has 0 aromatic carbocycles. The van der Waals surface area contributed by atoms with E-state index in [0.717, 1.165) is 44.7 Å². The number of aromatic nitrogens is 3. The number of Topliss-reactive ketones (excluding diaryl/α,β-unsaturated/α-hetero) is 1. The molecule has 0 N–H and O–H groups in total. The van der Waals surface area contributed by atoms with E-state index in [9.17, 15) is 4.79 Å². The van der Waals surface area contributed by atoms with Gasteiger partial charge < -0.3 is 4.74 Å². The van der Waals surface area contributed by atoms with Gasteiger partial charge in [-0.15, -0.1) is 0 Å². The second-order valence-corrected chi connectivity index (χ2v) is 5.14. The van der Waals surface area contributed by atoms with Crippen molar-refractivity contribution >= 4 is 5.78 Å². The predicted octanol–water partition coefficient (Wildman–Crippen LogP) is 2.15. The Bertz CT molecular complexity index is 397. The molecule has 5 heteroatoms. The molecular weight excluding hydrogens is 242 g/mol. The van der Waals surface area contributed by atoms with E-state index < -0.39 is 0 Å². The highest BCUT2D eigenvalue weighted by Gasteiger charge is 2.16. The Balaban J connectivity index is 1.75. The minimum absolute atomic E-state index is 0.236. The number of nitrogens with zero attached hydrogens (tertiary/aromatic N) is 3. The zero-order chi connectivity index (χ0) is 13.5. The van der Waals surface area contributed by atoms with E-state index in [4.69, 9.17) is 4.74 Å². The number of ether oxygens (including phenoxy) is 1. The Morgan fingerprint density at radius 2 is 2.42 bits per heavy atom. The van der Waals surface area contributed by atoms with Crippen LogP contribution >= 0.6 is 0 Å². The third-order valence-electron chi connectivity index (χ3n) is 3.51. The largest absolute Gasteiger partial charge is 0.378 e. The van der Waals surface area contributed by atoms with Crippen LogP contribution < -0.4 is 0 Å². The van der Waals surface area contributed by atoms with Crippen LogP contribution in [-0.4, -0.2) is 33.3 Å². The summed E-state index contributed by atoms with van der Waals surface area (Å²) in [5.74, 6) is 1.02. The fourth-order valence-electron chi connectivity index (χ4n) is 2.45. The van der Waals surface area contributed by atoms with E-state index in [1.807, 2.05) is 4.68 Å². The molecule has 1 fully saturated rings. The van der Waals surface area contributed by atoms with Crippen molar-refractivity contribution in [2.24, 2.45) is 0 Å². The first-order chi connectivity index (χ1) is 9.29. The van der Waals surface area contributed by atoms with E-state index in [1.165, 1.54) is 12.7 Å². The molecule has 1 aromatic heterocycles. The normalized spacial score (nSPS) is 19.5. The van der Waals surface area contributed by atoms with Gasteiger partial charge >= 0.3 is 0 Å². The summed E-state index contributed by atoms with van der Waals surface area (Å²) >= 11 is 0. The lowest BCUT2D eigenvalue weighted by Crippen LogP contribution is -2.20. The molecule has 0 aliphatic carbocycles. The molecule has 1 saturated heterocycles. The Labute approximate surface area is 114 Å². The van der Waals surface area contributed by atoms with Gasteiger partial charge in [-0.05, 0) is 32.1 Å². The topological polar surface area (TPSA) is 57.0 Å². The third kappa shape index (κ3) is 4.42. The first-order valence-electron chi connectivity index (χ1n) is 7.29. The summed E-state index contributed by atoms with van der Waals surface area (Å²) in [6.45, 7) is 3.77. The summed E-state index contributed by atoms with van der Waals surface area (Å²) in [6.07, 6.45) is 8.12. The van der Waals surface area contributed by atoms with Crippen molar-refractivity contribution in [1.82, 2.24) is 14.8 Å². The highest BCUT2D eigenvalue weighted by molar-refractivity contribution is 5.80. The first kappa shape index (κ1) is 14.2. The maximum Gasteiger partial charge on any atom is 0.140 e. The number of carbonyl (C=O) groups is 1. The average Bonchev–Trinajstić information content (AvgIpc) is 2.85. The summed E-state index contributed by atoms with van der Waals surface area (Å²) in [6, 6.07) is 0. The lowest BCUT2D eigenvalue weighted by Gasteiger charge is -2.22. The van der Waals surface area contributed by atoms with Gasteiger partial charge in [-0.25, -0.2) is 9.67 Å². The molecule has 1 aliphatic heterocycles. The van der Waals surface area contributed by atoms with E-state index >= 15 is 0 Å². The molecule has 0 bridgehead atoms. The first-order valence-corrected chi connectivity index (χ1v) is 7.29. The summed E-state index contributed by atoms with van der Waals surface area (Å²) in [5.41, 5.74) is 0. The summed E-state index contributed by atoms with van der Waals surface area (Å²) in [5, 5.41) is 4.14. The number of hydrogen-bond acceptors (Lipinski definition) is 4. The van der Waals surface area contributed by atoms with Gasteiger partial charge in [0.05, 0.1) is 12.5 Å². The fraction of sp³-hybridized carbons (Fsp3) is 0.786. The second-order valence-electron chi connectivity index (χ2n) is 5.14. The molecule has 2 heterocycles. The number of rotatable bonds is 7. The van der Waals surface area contributed by atoms with E-state index in [1.54, 1.807) is 0 Å². The zero-order valence-corrected chi connectivity index (χ0v) is 11.7. The SMILES string of the molecule is CCCn1ncnc1CC(=O)CCC1CCCCO1. The molecule has 0 saturated carbocycles. The maximum absolute atomic E-state index is 12.0. The van der Waals surface area contributed by atoms with Crippen LogP contribution in [0.15, 0.2) is 6.33 Å².